The maximum Gasteiger partial charge on any atom is 0.00449 e. The molecule has 0 aliphatic rings. The number of hydrogen-bond acceptors (Lipinski definition) is 1. The number of rotatable bonds is 3. The van der Waals surface area contributed by atoms with Crippen molar-refractivity contribution >= 4 is 0 Å². The van der Waals surface area contributed by atoms with Crippen LogP contribution in [0.4, 0.5) is 0 Å². The molecule has 0 rings (SSSR count). The summed E-state index contributed by atoms with van der Waals surface area (Å²) in [4.78, 5) is 0. The summed E-state index contributed by atoms with van der Waals surface area (Å²) in [5.41, 5.74) is 5.48. The van der Waals surface area contributed by atoms with Gasteiger partial charge in [-0.05, 0) is 19.8 Å². The van der Waals surface area contributed by atoms with Gasteiger partial charge >= 0.3 is 0 Å². The molecule has 0 aromatic rings. The van der Waals surface area contributed by atoms with Crippen molar-refractivity contribution in [3.8, 4) is 0 Å². The smallest absolute Gasteiger partial charge is 0.00449 e. The third-order valence-corrected chi connectivity index (χ3v) is 0.910. The fraction of sp³-hybridized carbons (Fsp3) is 0.714. The van der Waals surface area contributed by atoms with Gasteiger partial charge < -0.3 is 5.73 Å². The Morgan fingerprint density at radius 1 is 1.50 bits per heavy atom. The molecule has 0 radical (unpaired) electrons. The SMILES string of the molecule is CC/C=C/C[C@H](C)N. The molecule has 0 heterocycles. The van der Waals surface area contributed by atoms with Crippen molar-refractivity contribution in [3.63, 3.8) is 0 Å². The molecule has 2 N–H and O–H groups in total. The van der Waals surface area contributed by atoms with Crippen molar-refractivity contribution in [2.75, 3.05) is 0 Å². The quantitative estimate of drug-likeness (QED) is 0.554. The molecule has 1 heteroatoms. The summed E-state index contributed by atoms with van der Waals surface area (Å²) in [5, 5.41) is 0. The predicted molar refractivity (Wildman–Crippen MR) is 37.7 cm³/mol. The maximum absolute atomic E-state index is 5.48. The molecule has 0 aliphatic carbocycles. The molecule has 0 saturated carbocycles. The first-order valence-corrected chi connectivity index (χ1v) is 3.18. The van der Waals surface area contributed by atoms with Crippen molar-refractivity contribution < 1.29 is 0 Å². The lowest BCUT2D eigenvalue weighted by atomic mass is 10.2. The summed E-state index contributed by atoms with van der Waals surface area (Å²) in [5.74, 6) is 0. The normalized spacial score (nSPS) is 14.9. The molecule has 1 atom stereocenters. The molecule has 0 bridgehead atoms. The van der Waals surface area contributed by atoms with Gasteiger partial charge in [-0.25, -0.2) is 0 Å². The standard InChI is InChI=1S/C7H15N/c1-3-4-5-6-7(2)8/h4-5,7H,3,6,8H2,1-2H3/b5-4+/t7-/m0/s1. The Morgan fingerprint density at radius 2 is 2.12 bits per heavy atom. The zero-order valence-corrected chi connectivity index (χ0v) is 5.72. The van der Waals surface area contributed by atoms with Crippen LogP contribution in [-0.2, 0) is 0 Å². The van der Waals surface area contributed by atoms with Gasteiger partial charge in [0, 0.05) is 6.04 Å². The van der Waals surface area contributed by atoms with E-state index in [1.165, 1.54) is 0 Å². The first kappa shape index (κ1) is 7.70. The first-order valence-electron chi connectivity index (χ1n) is 3.18. The Kier molecular flexibility index (Phi) is 4.67. The molecule has 48 valence electrons. The van der Waals surface area contributed by atoms with Crippen LogP contribution in [0.1, 0.15) is 26.7 Å². The molecule has 0 spiro atoms. The molecule has 0 fully saturated rings. The minimum atomic E-state index is 0.317. The average Bonchev–Trinajstić information content (AvgIpc) is 1.66. The van der Waals surface area contributed by atoms with E-state index in [2.05, 4.69) is 19.1 Å². The lowest BCUT2D eigenvalue weighted by Crippen LogP contribution is -2.12. The zero-order chi connectivity index (χ0) is 6.41. The molecule has 0 aromatic heterocycles. The van der Waals surface area contributed by atoms with E-state index in [0.717, 1.165) is 12.8 Å². The highest BCUT2D eigenvalue weighted by atomic mass is 14.6. The Balaban J connectivity index is 3.03. The highest BCUT2D eigenvalue weighted by Crippen LogP contribution is 1.88. The predicted octanol–water partition coefficient (Wildman–Crippen LogP) is 1.69. The van der Waals surface area contributed by atoms with Crippen LogP contribution in [-0.4, -0.2) is 6.04 Å². The third kappa shape index (κ3) is 5.70. The first-order chi connectivity index (χ1) is 3.77. The topological polar surface area (TPSA) is 26.0 Å². The summed E-state index contributed by atoms with van der Waals surface area (Å²) in [6, 6.07) is 0.317. The van der Waals surface area contributed by atoms with E-state index in [1.54, 1.807) is 0 Å². The van der Waals surface area contributed by atoms with Gasteiger partial charge in [0.2, 0.25) is 0 Å². The fourth-order valence-electron chi connectivity index (χ4n) is 0.478. The van der Waals surface area contributed by atoms with Crippen LogP contribution in [0.3, 0.4) is 0 Å². The average molecular weight is 113 g/mol. The summed E-state index contributed by atoms with van der Waals surface area (Å²) in [7, 11) is 0. The second-order valence-electron chi connectivity index (χ2n) is 2.09. The third-order valence-electron chi connectivity index (χ3n) is 0.910. The van der Waals surface area contributed by atoms with Crippen molar-refractivity contribution in [2.24, 2.45) is 5.73 Å². The molecular weight excluding hydrogens is 98.1 g/mol. The van der Waals surface area contributed by atoms with Crippen LogP contribution in [0.2, 0.25) is 0 Å². The second-order valence-corrected chi connectivity index (χ2v) is 2.09. The van der Waals surface area contributed by atoms with Gasteiger partial charge in [0.05, 0.1) is 0 Å². The van der Waals surface area contributed by atoms with Gasteiger partial charge in [-0.3, -0.25) is 0 Å². The van der Waals surface area contributed by atoms with Gasteiger partial charge in [-0.1, -0.05) is 19.1 Å². The monoisotopic (exact) mass is 113 g/mol. The number of allylic oxidation sites excluding steroid dienone is 1. The van der Waals surface area contributed by atoms with E-state index >= 15 is 0 Å². The van der Waals surface area contributed by atoms with Crippen LogP contribution >= 0.6 is 0 Å². The van der Waals surface area contributed by atoms with Gasteiger partial charge in [0.1, 0.15) is 0 Å². The highest BCUT2D eigenvalue weighted by Gasteiger charge is 1.84. The van der Waals surface area contributed by atoms with E-state index in [-0.39, 0.29) is 0 Å². The van der Waals surface area contributed by atoms with Gasteiger partial charge in [0.25, 0.3) is 0 Å². The lowest BCUT2D eigenvalue weighted by Gasteiger charge is -1.95. The molecule has 0 amide bonds. The highest BCUT2D eigenvalue weighted by molar-refractivity contribution is 4.82. The van der Waals surface area contributed by atoms with Crippen LogP contribution < -0.4 is 5.73 Å². The molecule has 1 nitrogen and oxygen atoms in total. The van der Waals surface area contributed by atoms with Crippen molar-refractivity contribution in [1.29, 1.82) is 0 Å². The minimum absolute atomic E-state index is 0.317. The van der Waals surface area contributed by atoms with Crippen LogP contribution in [0, 0.1) is 0 Å². The number of nitrogens with two attached hydrogens (primary N) is 1. The largest absolute Gasteiger partial charge is 0.328 e. The Bertz CT molecular complexity index is 64.8. The van der Waals surface area contributed by atoms with E-state index in [1.807, 2.05) is 6.92 Å². The van der Waals surface area contributed by atoms with Crippen molar-refractivity contribution in [3.05, 3.63) is 12.2 Å². The van der Waals surface area contributed by atoms with Crippen LogP contribution in [0.25, 0.3) is 0 Å². The van der Waals surface area contributed by atoms with E-state index in [0.29, 0.717) is 6.04 Å². The van der Waals surface area contributed by atoms with Crippen LogP contribution in [0.5, 0.6) is 0 Å². The summed E-state index contributed by atoms with van der Waals surface area (Å²) in [6.07, 6.45) is 6.40. The van der Waals surface area contributed by atoms with Gasteiger partial charge in [-0.2, -0.15) is 0 Å². The molecule has 0 aromatic carbocycles. The Hall–Kier alpha value is -0.300. The molecule has 0 aliphatic heterocycles. The maximum atomic E-state index is 5.48. The van der Waals surface area contributed by atoms with Gasteiger partial charge in [-0.15, -0.1) is 0 Å². The molecule has 0 unspecified atom stereocenters. The second kappa shape index (κ2) is 4.85. The molecule has 8 heavy (non-hydrogen) atoms. The minimum Gasteiger partial charge on any atom is -0.328 e. The summed E-state index contributed by atoms with van der Waals surface area (Å²) >= 11 is 0. The fourth-order valence-corrected chi connectivity index (χ4v) is 0.478. The lowest BCUT2D eigenvalue weighted by molar-refractivity contribution is 0.755. The van der Waals surface area contributed by atoms with Crippen LogP contribution in [0.15, 0.2) is 12.2 Å². The molecule has 0 saturated heterocycles. The Labute approximate surface area is 51.6 Å². The molecular formula is C7H15N. The summed E-state index contributed by atoms with van der Waals surface area (Å²) in [6.45, 7) is 4.14. The van der Waals surface area contributed by atoms with Crippen molar-refractivity contribution in [2.45, 2.75) is 32.7 Å². The summed E-state index contributed by atoms with van der Waals surface area (Å²) < 4.78 is 0. The van der Waals surface area contributed by atoms with Gasteiger partial charge in [0.15, 0.2) is 0 Å². The zero-order valence-electron chi connectivity index (χ0n) is 5.72. The van der Waals surface area contributed by atoms with E-state index < -0.39 is 0 Å². The Morgan fingerprint density at radius 3 is 2.50 bits per heavy atom. The number of hydrogen-bond donors (Lipinski definition) is 1. The van der Waals surface area contributed by atoms with E-state index in [4.69, 9.17) is 5.73 Å². The van der Waals surface area contributed by atoms with E-state index in [9.17, 15) is 0 Å². The van der Waals surface area contributed by atoms with Crippen molar-refractivity contribution in [1.82, 2.24) is 0 Å².